The molecule has 1 aromatic heterocycles. The number of nitrogens with zero attached hydrogens (tertiary/aromatic N) is 3. The van der Waals surface area contributed by atoms with Crippen LogP contribution in [0.4, 0.5) is 4.79 Å². The summed E-state index contributed by atoms with van der Waals surface area (Å²) in [7, 11) is 1.78. The predicted molar refractivity (Wildman–Crippen MR) is 46.9 cm³/mol. The lowest BCUT2D eigenvalue weighted by Crippen LogP contribution is -2.34. The molecule has 6 nitrogen and oxygen atoms in total. The number of aryl methyl sites for hydroxylation is 1. The molecule has 0 aliphatic heterocycles. The standard InChI is InChI=1S/C7H13N5O/c1-3-8-7(13)9-4-6-10-5-12(2)11-6/h5H,3-4H2,1-2H3,(H2,8,9,13). The first-order valence-electron chi connectivity index (χ1n) is 4.08. The maximum atomic E-state index is 10.9. The SMILES string of the molecule is CCNC(=O)NCc1ncn(C)n1. The van der Waals surface area contributed by atoms with Crippen LogP contribution in [-0.2, 0) is 13.6 Å². The van der Waals surface area contributed by atoms with E-state index in [-0.39, 0.29) is 6.03 Å². The fourth-order valence-corrected chi connectivity index (χ4v) is 0.847. The Morgan fingerprint density at radius 2 is 2.38 bits per heavy atom. The molecule has 2 amide bonds. The van der Waals surface area contributed by atoms with E-state index < -0.39 is 0 Å². The highest BCUT2D eigenvalue weighted by atomic mass is 16.2. The summed E-state index contributed by atoms with van der Waals surface area (Å²) in [6.45, 7) is 2.83. The van der Waals surface area contributed by atoms with Crippen molar-refractivity contribution in [1.82, 2.24) is 25.4 Å². The minimum absolute atomic E-state index is 0.199. The monoisotopic (exact) mass is 183 g/mol. The molecule has 0 saturated heterocycles. The van der Waals surface area contributed by atoms with Crippen LogP contribution in [0.2, 0.25) is 0 Å². The summed E-state index contributed by atoms with van der Waals surface area (Å²) >= 11 is 0. The number of hydrogen-bond donors (Lipinski definition) is 2. The Balaban J connectivity index is 2.30. The van der Waals surface area contributed by atoms with Gasteiger partial charge in [-0.25, -0.2) is 9.78 Å². The van der Waals surface area contributed by atoms with Gasteiger partial charge in [0.05, 0.1) is 6.54 Å². The van der Waals surface area contributed by atoms with Crippen LogP contribution in [-0.4, -0.2) is 27.3 Å². The van der Waals surface area contributed by atoms with Gasteiger partial charge in [0.2, 0.25) is 0 Å². The van der Waals surface area contributed by atoms with Crippen LogP contribution in [0.15, 0.2) is 6.33 Å². The number of aromatic nitrogens is 3. The van der Waals surface area contributed by atoms with Crippen LogP contribution in [0.25, 0.3) is 0 Å². The van der Waals surface area contributed by atoms with Crippen LogP contribution >= 0.6 is 0 Å². The predicted octanol–water partition coefficient (Wildman–Crippen LogP) is -0.366. The van der Waals surface area contributed by atoms with E-state index in [9.17, 15) is 4.79 Å². The maximum absolute atomic E-state index is 10.9. The van der Waals surface area contributed by atoms with Gasteiger partial charge in [0, 0.05) is 13.6 Å². The van der Waals surface area contributed by atoms with Crippen molar-refractivity contribution >= 4 is 6.03 Å². The normalized spacial score (nSPS) is 9.69. The molecule has 0 bridgehead atoms. The van der Waals surface area contributed by atoms with E-state index in [1.54, 1.807) is 18.1 Å². The lowest BCUT2D eigenvalue weighted by Gasteiger charge is -2.01. The van der Waals surface area contributed by atoms with Crippen molar-refractivity contribution in [2.24, 2.45) is 7.05 Å². The molecule has 0 radical (unpaired) electrons. The molecular formula is C7H13N5O. The fraction of sp³-hybridized carbons (Fsp3) is 0.571. The quantitative estimate of drug-likeness (QED) is 0.671. The van der Waals surface area contributed by atoms with Gasteiger partial charge in [-0.05, 0) is 6.92 Å². The highest BCUT2D eigenvalue weighted by molar-refractivity contribution is 5.73. The highest BCUT2D eigenvalue weighted by Crippen LogP contribution is 1.85. The first kappa shape index (κ1) is 9.50. The fourth-order valence-electron chi connectivity index (χ4n) is 0.847. The van der Waals surface area contributed by atoms with Crippen LogP contribution in [0.3, 0.4) is 0 Å². The van der Waals surface area contributed by atoms with E-state index in [1.165, 1.54) is 0 Å². The molecule has 2 N–H and O–H groups in total. The molecule has 0 atom stereocenters. The van der Waals surface area contributed by atoms with E-state index in [0.717, 1.165) is 0 Å². The van der Waals surface area contributed by atoms with E-state index in [4.69, 9.17) is 0 Å². The van der Waals surface area contributed by atoms with Crippen molar-refractivity contribution in [3.05, 3.63) is 12.2 Å². The van der Waals surface area contributed by atoms with E-state index in [1.807, 2.05) is 6.92 Å². The minimum atomic E-state index is -0.199. The zero-order valence-electron chi connectivity index (χ0n) is 7.74. The van der Waals surface area contributed by atoms with Crippen molar-refractivity contribution in [2.75, 3.05) is 6.54 Å². The van der Waals surface area contributed by atoms with Crippen molar-refractivity contribution in [3.63, 3.8) is 0 Å². The Kier molecular flexibility index (Phi) is 3.24. The van der Waals surface area contributed by atoms with Crippen LogP contribution in [0, 0.1) is 0 Å². The molecule has 0 aliphatic carbocycles. The lowest BCUT2D eigenvalue weighted by atomic mass is 10.6. The summed E-state index contributed by atoms with van der Waals surface area (Å²) in [5, 5.41) is 9.24. The maximum Gasteiger partial charge on any atom is 0.315 e. The molecule has 13 heavy (non-hydrogen) atoms. The molecular weight excluding hydrogens is 170 g/mol. The lowest BCUT2D eigenvalue weighted by molar-refractivity contribution is 0.241. The van der Waals surface area contributed by atoms with Gasteiger partial charge in [0.15, 0.2) is 5.82 Å². The van der Waals surface area contributed by atoms with E-state index in [2.05, 4.69) is 20.7 Å². The first-order valence-corrected chi connectivity index (χ1v) is 4.08. The van der Waals surface area contributed by atoms with Gasteiger partial charge in [-0.1, -0.05) is 0 Å². The Hall–Kier alpha value is -1.59. The highest BCUT2D eigenvalue weighted by Gasteiger charge is 2.00. The van der Waals surface area contributed by atoms with Gasteiger partial charge >= 0.3 is 6.03 Å². The van der Waals surface area contributed by atoms with E-state index >= 15 is 0 Å². The molecule has 0 aromatic carbocycles. The number of carbonyl (C=O) groups is 1. The van der Waals surface area contributed by atoms with Gasteiger partial charge in [-0.3, -0.25) is 4.68 Å². The van der Waals surface area contributed by atoms with Crippen molar-refractivity contribution < 1.29 is 4.79 Å². The molecule has 0 unspecified atom stereocenters. The van der Waals surface area contributed by atoms with Gasteiger partial charge in [-0.15, -0.1) is 0 Å². The largest absolute Gasteiger partial charge is 0.338 e. The second kappa shape index (κ2) is 4.44. The topological polar surface area (TPSA) is 71.8 Å². The number of carbonyl (C=O) groups excluding carboxylic acids is 1. The summed E-state index contributed by atoms with van der Waals surface area (Å²) in [5.41, 5.74) is 0. The molecule has 0 saturated carbocycles. The van der Waals surface area contributed by atoms with Crippen LogP contribution in [0.1, 0.15) is 12.7 Å². The Morgan fingerprint density at radius 1 is 1.62 bits per heavy atom. The number of nitrogens with one attached hydrogen (secondary N) is 2. The van der Waals surface area contributed by atoms with Crippen LogP contribution in [0.5, 0.6) is 0 Å². The van der Waals surface area contributed by atoms with Gasteiger partial charge in [0.1, 0.15) is 6.33 Å². The molecule has 0 aliphatic rings. The second-order valence-corrected chi connectivity index (χ2v) is 2.55. The van der Waals surface area contributed by atoms with Crippen LogP contribution < -0.4 is 10.6 Å². The Morgan fingerprint density at radius 3 is 2.92 bits per heavy atom. The number of rotatable bonds is 3. The van der Waals surface area contributed by atoms with Crippen molar-refractivity contribution in [1.29, 1.82) is 0 Å². The van der Waals surface area contributed by atoms with Gasteiger partial charge in [0.25, 0.3) is 0 Å². The molecule has 72 valence electrons. The summed E-state index contributed by atoms with van der Waals surface area (Å²) in [5.74, 6) is 0.605. The zero-order chi connectivity index (χ0) is 9.68. The zero-order valence-corrected chi connectivity index (χ0v) is 7.74. The Labute approximate surface area is 76.3 Å². The summed E-state index contributed by atoms with van der Waals surface area (Å²) in [4.78, 5) is 14.9. The first-order chi connectivity index (χ1) is 6.22. The second-order valence-electron chi connectivity index (χ2n) is 2.55. The summed E-state index contributed by atoms with van der Waals surface area (Å²) in [6, 6.07) is -0.199. The Bertz CT molecular complexity index is 282. The van der Waals surface area contributed by atoms with Crippen molar-refractivity contribution in [2.45, 2.75) is 13.5 Å². The smallest absolute Gasteiger partial charge is 0.315 e. The summed E-state index contributed by atoms with van der Waals surface area (Å²) < 4.78 is 1.59. The molecule has 6 heteroatoms. The third kappa shape index (κ3) is 3.10. The molecule has 1 rings (SSSR count). The summed E-state index contributed by atoms with van der Waals surface area (Å²) in [6.07, 6.45) is 1.59. The average Bonchev–Trinajstić information content (AvgIpc) is 2.49. The number of hydrogen-bond acceptors (Lipinski definition) is 3. The average molecular weight is 183 g/mol. The number of urea groups is 1. The van der Waals surface area contributed by atoms with E-state index in [0.29, 0.717) is 18.9 Å². The van der Waals surface area contributed by atoms with Gasteiger partial charge < -0.3 is 10.6 Å². The molecule has 0 spiro atoms. The third-order valence-electron chi connectivity index (χ3n) is 1.39. The van der Waals surface area contributed by atoms with Gasteiger partial charge in [-0.2, -0.15) is 5.10 Å². The molecule has 1 heterocycles. The third-order valence-corrected chi connectivity index (χ3v) is 1.39. The molecule has 1 aromatic rings. The van der Waals surface area contributed by atoms with Crippen molar-refractivity contribution in [3.8, 4) is 0 Å². The molecule has 0 fully saturated rings. The number of amides is 2. The minimum Gasteiger partial charge on any atom is -0.338 e.